The van der Waals surface area contributed by atoms with Crippen LogP contribution in [0.3, 0.4) is 0 Å². The molecule has 0 aromatic heterocycles. The normalized spacial score (nSPS) is 12.5. The van der Waals surface area contributed by atoms with E-state index >= 15 is 0 Å². The van der Waals surface area contributed by atoms with E-state index < -0.39 is 6.10 Å². The van der Waals surface area contributed by atoms with Crippen LogP contribution in [0.5, 0.6) is 0 Å². The lowest BCUT2D eigenvalue weighted by atomic mass is 10.0. The zero-order chi connectivity index (χ0) is 57.1. The van der Waals surface area contributed by atoms with Crippen molar-refractivity contribution < 1.29 is 28.6 Å². The molecule has 0 radical (unpaired) electrons. The molecule has 0 heterocycles. The molecule has 0 N–H and O–H groups in total. The van der Waals surface area contributed by atoms with Crippen LogP contribution in [0.1, 0.15) is 355 Å². The van der Waals surface area contributed by atoms with Crippen LogP contribution in [-0.2, 0) is 28.6 Å². The third-order valence-electron chi connectivity index (χ3n) is 15.1. The predicted molar refractivity (Wildman–Crippen MR) is 344 cm³/mol. The smallest absolute Gasteiger partial charge is 0.306 e. The molecule has 6 nitrogen and oxygen atoms in total. The number of ether oxygens (including phenoxy) is 3. The Morgan fingerprint density at radius 3 is 0.797 bits per heavy atom. The van der Waals surface area contributed by atoms with Gasteiger partial charge in [0, 0.05) is 19.3 Å². The van der Waals surface area contributed by atoms with E-state index in [-0.39, 0.29) is 31.1 Å². The molecule has 0 aromatic carbocycles. The Kier molecular flexibility index (Phi) is 64.7. The van der Waals surface area contributed by atoms with Crippen LogP contribution in [0.4, 0.5) is 0 Å². The molecule has 0 fully saturated rings. The summed E-state index contributed by atoms with van der Waals surface area (Å²) in [5.41, 5.74) is 0. The fraction of sp³-hybridized carbons (Fsp3) is 0.795. The number of esters is 3. The molecule has 1 unspecified atom stereocenters. The average Bonchev–Trinajstić information content (AvgIpc) is 3.45. The van der Waals surface area contributed by atoms with Gasteiger partial charge in [-0.3, -0.25) is 14.4 Å². The Hall–Kier alpha value is -3.15. The maximum absolute atomic E-state index is 12.9. The second-order valence-corrected chi connectivity index (χ2v) is 23.1. The van der Waals surface area contributed by atoms with Crippen molar-refractivity contribution in [2.75, 3.05) is 13.2 Å². The van der Waals surface area contributed by atoms with Crippen molar-refractivity contribution >= 4 is 17.9 Å². The van der Waals surface area contributed by atoms with Crippen LogP contribution in [0.2, 0.25) is 0 Å². The highest BCUT2D eigenvalue weighted by Crippen LogP contribution is 2.17. The lowest BCUT2D eigenvalue weighted by molar-refractivity contribution is -0.167. The summed E-state index contributed by atoms with van der Waals surface area (Å²) in [6.07, 6.45) is 87.9. The number of carbonyl (C=O) groups is 3. The topological polar surface area (TPSA) is 78.9 Å². The first-order chi connectivity index (χ1) is 39.0. The largest absolute Gasteiger partial charge is 0.462 e. The Bertz CT molecular complexity index is 1450. The fourth-order valence-electron chi connectivity index (χ4n) is 9.96. The first-order valence-corrected chi connectivity index (χ1v) is 34.4. The molecule has 0 rings (SSSR count). The third kappa shape index (κ3) is 65.5. The summed E-state index contributed by atoms with van der Waals surface area (Å²) < 4.78 is 16.9. The standard InChI is InChI=1S/C73H130O6/c1-4-7-10-13-16-19-22-25-27-29-31-32-33-34-35-36-37-38-39-40-42-43-45-48-51-54-57-60-63-66-72(75)78-69-70(68-77-71(74)65-62-59-56-53-50-47-24-21-18-15-12-9-6-3)79-73(76)67-64-61-58-55-52-49-46-44-41-30-28-26-23-20-17-14-11-8-5-2/h12,15,17,20-21,24,26,28-29,31,41,44,70H,4-11,13-14,16,18-19,22-23,25,27,30,32-40,42-43,45-69H2,1-3H3/b15-12-,20-17-,24-21-,28-26-,31-29-,44-41-. The van der Waals surface area contributed by atoms with Crippen LogP contribution in [0.25, 0.3) is 0 Å². The molecular weight excluding hydrogens is 973 g/mol. The number of rotatable bonds is 63. The summed E-state index contributed by atoms with van der Waals surface area (Å²) in [6.45, 7) is 6.57. The molecule has 1 atom stereocenters. The minimum absolute atomic E-state index is 0.0830. The Labute approximate surface area is 491 Å². The zero-order valence-electron chi connectivity index (χ0n) is 52.6. The second-order valence-electron chi connectivity index (χ2n) is 23.1. The van der Waals surface area contributed by atoms with E-state index in [1.54, 1.807) is 0 Å². The van der Waals surface area contributed by atoms with E-state index in [0.717, 1.165) is 109 Å². The van der Waals surface area contributed by atoms with Crippen molar-refractivity contribution in [3.8, 4) is 0 Å². The summed E-state index contributed by atoms with van der Waals surface area (Å²) in [5.74, 6) is -0.894. The average molecular weight is 1100 g/mol. The molecular formula is C73H130O6. The molecule has 79 heavy (non-hydrogen) atoms. The van der Waals surface area contributed by atoms with Gasteiger partial charge in [0.25, 0.3) is 0 Å². The summed E-state index contributed by atoms with van der Waals surface area (Å²) in [4.78, 5) is 38.3. The molecule has 458 valence electrons. The van der Waals surface area contributed by atoms with Gasteiger partial charge in [-0.25, -0.2) is 0 Å². The predicted octanol–water partition coefficient (Wildman–Crippen LogP) is 23.7. The molecule has 6 heteroatoms. The second kappa shape index (κ2) is 67.4. The van der Waals surface area contributed by atoms with Gasteiger partial charge in [-0.2, -0.15) is 0 Å². The molecule has 0 amide bonds. The highest BCUT2D eigenvalue weighted by atomic mass is 16.6. The Morgan fingerprint density at radius 2 is 0.481 bits per heavy atom. The van der Waals surface area contributed by atoms with E-state index in [1.807, 2.05) is 0 Å². The molecule has 0 aliphatic carbocycles. The highest BCUT2D eigenvalue weighted by molar-refractivity contribution is 5.71. The van der Waals surface area contributed by atoms with E-state index in [2.05, 4.69) is 93.7 Å². The lowest BCUT2D eigenvalue weighted by Crippen LogP contribution is -2.30. The van der Waals surface area contributed by atoms with Gasteiger partial charge in [-0.05, 0) is 109 Å². The molecule has 0 saturated heterocycles. The Balaban J connectivity index is 4.23. The molecule has 0 aromatic rings. The van der Waals surface area contributed by atoms with Crippen LogP contribution in [0, 0.1) is 0 Å². The van der Waals surface area contributed by atoms with Gasteiger partial charge in [0.2, 0.25) is 0 Å². The van der Waals surface area contributed by atoms with Crippen LogP contribution < -0.4 is 0 Å². The molecule has 0 spiro atoms. The van der Waals surface area contributed by atoms with Crippen molar-refractivity contribution in [3.05, 3.63) is 72.9 Å². The van der Waals surface area contributed by atoms with Crippen LogP contribution >= 0.6 is 0 Å². The van der Waals surface area contributed by atoms with E-state index in [0.29, 0.717) is 19.3 Å². The van der Waals surface area contributed by atoms with Crippen LogP contribution in [-0.4, -0.2) is 37.2 Å². The molecule has 0 aliphatic heterocycles. The van der Waals surface area contributed by atoms with Crippen molar-refractivity contribution in [1.82, 2.24) is 0 Å². The monoisotopic (exact) mass is 1100 g/mol. The minimum Gasteiger partial charge on any atom is -0.462 e. The zero-order valence-corrected chi connectivity index (χ0v) is 52.6. The minimum atomic E-state index is -0.789. The van der Waals surface area contributed by atoms with Crippen molar-refractivity contribution in [1.29, 1.82) is 0 Å². The van der Waals surface area contributed by atoms with Crippen molar-refractivity contribution in [2.45, 2.75) is 361 Å². The van der Waals surface area contributed by atoms with Crippen LogP contribution in [0.15, 0.2) is 72.9 Å². The summed E-state index contributed by atoms with van der Waals surface area (Å²) >= 11 is 0. The van der Waals surface area contributed by atoms with Gasteiger partial charge in [0.05, 0.1) is 0 Å². The summed E-state index contributed by atoms with van der Waals surface area (Å²) in [6, 6.07) is 0. The first-order valence-electron chi connectivity index (χ1n) is 34.4. The number of hydrogen-bond acceptors (Lipinski definition) is 6. The maximum Gasteiger partial charge on any atom is 0.306 e. The molecule has 0 bridgehead atoms. The van der Waals surface area contributed by atoms with Gasteiger partial charge in [-0.15, -0.1) is 0 Å². The van der Waals surface area contributed by atoms with E-state index in [1.165, 1.54) is 205 Å². The number of carbonyl (C=O) groups excluding carboxylic acids is 3. The van der Waals surface area contributed by atoms with Gasteiger partial charge in [-0.1, -0.05) is 299 Å². The van der Waals surface area contributed by atoms with Gasteiger partial charge < -0.3 is 14.2 Å². The first kappa shape index (κ1) is 75.8. The molecule has 0 aliphatic rings. The SMILES string of the molecule is CCC/C=C\C/C=C\CCCCCCCC(=O)OCC(COC(=O)CCCCCCCCCCCCCCCCCCC/C=C\CCCCCCCCCC)OC(=O)CCCCCCCC/C=C\C/C=C\C/C=C\CCCCC. The Morgan fingerprint density at radius 1 is 0.253 bits per heavy atom. The van der Waals surface area contributed by atoms with E-state index in [4.69, 9.17) is 14.2 Å². The summed E-state index contributed by atoms with van der Waals surface area (Å²) in [7, 11) is 0. The van der Waals surface area contributed by atoms with E-state index in [9.17, 15) is 14.4 Å². The third-order valence-corrected chi connectivity index (χ3v) is 15.1. The van der Waals surface area contributed by atoms with Gasteiger partial charge in [0.15, 0.2) is 6.10 Å². The summed E-state index contributed by atoms with van der Waals surface area (Å²) in [5, 5.41) is 0. The molecule has 0 saturated carbocycles. The lowest BCUT2D eigenvalue weighted by Gasteiger charge is -2.18. The number of hydrogen-bond donors (Lipinski definition) is 0. The van der Waals surface area contributed by atoms with Gasteiger partial charge in [0.1, 0.15) is 13.2 Å². The maximum atomic E-state index is 12.9. The van der Waals surface area contributed by atoms with Gasteiger partial charge >= 0.3 is 17.9 Å². The fourth-order valence-corrected chi connectivity index (χ4v) is 9.96. The number of unbranched alkanes of at least 4 members (excludes halogenated alkanes) is 40. The quantitative estimate of drug-likeness (QED) is 0.0261. The highest BCUT2D eigenvalue weighted by Gasteiger charge is 2.19. The number of allylic oxidation sites excluding steroid dienone is 12. The van der Waals surface area contributed by atoms with Crippen molar-refractivity contribution in [3.63, 3.8) is 0 Å². The van der Waals surface area contributed by atoms with Crippen molar-refractivity contribution in [2.24, 2.45) is 0 Å².